The molecule has 2 fully saturated rings. The second-order valence-corrected chi connectivity index (χ2v) is 8.96. The number of alkyl halides is 1. The van der Waals surface area contributed by atoms with Crippen molar-refractivity contribution in [2.24, 2.45) is 11.8 Å². The van der Waals surface area contributed by atoms with Crippen molar-refractivity contribution in [1.82, 2.24) is 9.88 Å². The molecule has 166 valence electrons. The third kappa shape index (κ3) is 3.35. The predicted molar refractivity (Wildman–Crippen MR) is 112 cm³/mol. The van der Waals surface area contributed by atoms with Gasteiger partial charge in [-0.3, -0.25) is 4.79 Å². The summed E-state index contributed by atoms with van der Waals surface area (Å²) >= 11 is 0. The molecule has 3 aliphatic rings. The number of carboxylic acid groups (broad SMARTS) is 1. The van der Waals surface area contributed by atoms with Gasteiger partial charge in [0.1, 0.15) is 24.5 Å². The first-order valence-corrected chi connectivity index (χ1v) is 10.7. The van der Waals surface area contributed by atoms with E-state index in [9.17, 15) is 19.1 Å². The van der Waals surface area contributed by atoms with Gasteiger partial charge in [0.15, 0.2) is 11.6 Å². The van der Waals surface area contributed by atoms with Gasteiger partial charge in [-0.15, -0.1) is 0 Å². The van der Waals surface area contributed by atoms with E-state index >= 15 is 4.39 Å². The number of aromatic carboxylic acids is 1. The Bertz CT molecular complexity index is 1110. The second-order valence-electron chi connectivity index (χ2n) is 8.96. The van der Waals surface area contributed by atoms with Gasteiger partial charge in [-0.2, -0.15) is 0 Å². The van der Waals surface area contributed by atoms with Crippen molar-refractivity contribution >= 4 is 22.6 Å². The Hall–Kier alpha value is -2.68. The van der Waals surface area contributed by atoms with Crippen LogP contribution in [-0.2, 0) is 0 Å². The number of nitrogens with zero attached hydrogens (tertiary/aromatic N) is 2. The van der Waals surface area contributed by atoms with E-state index in [4.69, 9.17) is 4.74 Å². The van der Waals surface area contributed by atoms with Crippen LogP contribution >= 0.6 is 0 Å². The lowest BCUT2D eigenvalue weighted by atomic mass is 9.98. The van der Waals surface area contributed by atoms with E-state index < -0.39 is 35.5 Å². The number of carboxylic acids is 1. The fraction of sp³-hybridized carbons (Fsp3) is 0.545. The molecular formula is C22H25F2N3O4. The highest BCUT2D eigenvalue weighted by atomic mass is 19.1. The van der Waals surface area contributed by atoms with E-state index in [2.05, 4.69) is 12.2 Å². The summed E-state index contributed by atoms with van der Waals surface area (Å²) in [6.45, 7) is 3.43. The summed E-state index contributed by atoms with van der Waals surface area (Å²) in [6.07, 6.45) is 3.56. The Morgan fingerprint density at radius 2 is 2.13 bits per heavy atom. The van der Waals surface area contributed by atoms with Crippen molar-refractivity contribution in [2.45, 2.75) is 31.8 Å². The summed E-state index contributed by atoms with van der Waals surface area (Å²) in [5.74, 6) is -1.17. The Labute approximate surface area is 177 Å². The highest BCUT2D eigenvalue weighted by Gasteiger charge is 2.37. The van der Waals surface area contributed by atoms with Crippen molar-refractivity contribution in [3.63, 3.8) is 0 Å². The Morgan fingerprint density at radius 1 is 1.35 bits per heavy atom. The molecule has 1 saturated carbocycles. The fourth-order valence-corrected chi connectivity index (χ4v) is 4.78. The molecule has 5 rings (SSSR count). The Kier molecular flexibility index (Phi) is 4.88. The van der Waals surface area contributed by atoms with E-state index in [-0.39, 0.29) is 28.9 Å². The maximum absolute atomic E-state index is 15.3. The van der Waals surface area contributed by atoms with Crippen LogP contribution in [0, 0.1) is 17.7 Å². The van der Waals surface area contributed by atoms with Crippen molar-refractivity contribution in [3.8, 4) is 5.75 Å². The number of anilines is 1. The molecule has 2 aliphatic heterocycles. The molecule has 2 aromatic rings. The number of nitrogens with one attached hydrogen (secondary N) is 1. The van der Waals surface area contributed by atoms with Crippen LogP contribution in [0.2, 0.25) is 0 Å². The first kappa shape index (κ1) is 20.2. The van der Waals surface area contributed by atoms with Gasteiger partial charge in [-0.05, 0) is 30.7 Å². The third-order valence-corrected chi connectivity index (χ3v) is 6.75. The van der Waals surface area contributed by atoms with Gasteiger partial charge < -0.3 is 24.6 Å². The highest BCUT2D eigenvalue weighted by Crippen LogP contribution is 2.44. The summed E-state index contributed by atoms with van der Waals surface area (Å²) in [7, 11) is 0. The number of ether oxygens (including phenoxy) is 1. The Balaban J connectivity index is 1.61. The number of benzene rings is 1. The summed E-state index contributed by atoms with van der Waals surface area (Å²) < 4.78 is 36.2. The molecule has 0 amide bonds. The molecule has 7 nitrogen and oxygen atoms in total. The van der Waals surface area contributed by atoms with Crippen molar-refractivity contribution in [3.05, 3.63) is 33.9 Å². The van der Waals surface area contributed by atoms with Crippen LogP contribution in [0.5, 0.6) is 5.75 Å². The molecular weight excluding hydrogens is 408 g/mol. The molecule has 0 spiro atoms. The van der Waals surface area contributed by atoms with Crippen LogP contribution < -0.4 is 20.4 Å². The molecule has 2 N–H and O–H groups in total. The quantitative estimate of drug-likeness (QED) is 0.729. The predicted octanol–water partition coefficient (Wildman–Crippen LogP) is 2.57. The van der Waals surface area contributed by atoms with E-state index in [1.54, 1.807) is 0 Å². The molecule has 1 unspecified atom stereocenters. The SMILES string of the molecule is C[C@H]1CN(c2c(F)cc3c(=O)c(C(=O)O)cn4c3c2OCC4CF)C[C@@H]1CNC1CC1. The van der Waals surface area contributed by atoms with E-state index in [0.717, 1.165) is 18.8 Å². The number of rotatable bonds is 6. The summed E-state index contributed by atoms with van der Waals surface area (Å²) in [6, 6.07) is 0.891. The average molecular weight is 433 g/mol. The number of halogens is 2. The summed E-state index contributed by atoms with van der Waals surface area (Å²) in [4.78, 5) is 26.2. The topological polar surface area (TPSA) is 83.8 Å². The van der Waals surface area contributed by atoms with E-state index in [0.29, 0.717) is 31.0 Å². The fourth-order valence-electron chi connectivity index (χ4n) is 4.78. The van der Waals surface area contributed by atoms with Gasteiger partial charge >= 0.3 is 5.97 Å². The van der Waals surface area contributed by atoms with Crippen molar-refractivity contribution in [2.75, 3.05) is 37.8 Å². The first-order chi connectivity index (χ1) is 14.9. The zero-order valence-corrected chi connectivity index (χ0v) is 17.2. The molecule has 1 aromatic carbocycles. The maximum atomic E-state index is 15.3. The highest BCUT2D eigenvalue weighted by molar-refractivity contribution is 5.97. The Morgan fingerprint density at radius 3 is 2.81 bits per heavy atom. The zero-order chi connectivity index (χ0) is 21.9. The standard InChI is InChI=1S/C22H25F2N3O4/c1-11-7-26(8-12(11)6-25-13-2-3-13)19-17(24)4-15-18-21(19)31-10-14(5-23)27(18)9-16(20(15)28)22(29)30/h4,9,11-14,25H,2-3,5-8,10H2,1H3,(H,29,30)/t11-,12-,14?/m0/s1. The monoisotopic (exact) mass is 433 g/mol. The summed E-state index contributed by atoms with van der Waals surface area (Å²) in [5.41, 5.74) is -0.781. The molecule has 9 heteroatoms. The lowest BCUT2D eigenvalue weighted by Crippen LogP contribution is -2.32. The van der Waals surface area contributed by atoms with E-state index in [1.807, 2.05) is 4.90 Å². The van der Waals surface area contributed by atoms with Gasteiger partial charge in [0, 0.05) is 31.9 Å². The van der Waals surface area contributed by atoms with Gasteiger partial charge in [-0.1, -0.05) is 6.92 Å². The van der Waals surface area contributed by atoms with Gasteiger partial charge in [0.25, 0.3) is 0 Å². The number of hydrogen-bond acceptors (Lipinski definition) is 5. The smallest absolute Gasteiger partial charge is 0.341 e. The normalized spacial score (nSPS) is 25.1. The van der Waals surface area contributed by atoms with Crippen LogP contribution in [0.1, 0.15) is 36.2 Å². The van der Waals surface area contributed by atoms with Gasteiger partial charge in [-0.25, -0.2) is 13.6 Å². The van der Waals surface area contributed by atoms with Crippen LogP contribution in [0.25, 0.3) is 10.9 Å². The van der Waals surface area contributed by atoms with Crippen LogP contribution in [-0.4, -0.2) is 54.6 Å². The van der Waals surface area contributed by atoms with Crippen LogP contribution in [0.4, 0.5) is 14.5 Å². The second kappa shape index (κ2) is 7.47. The van der Waals surface area contributed by atoms with Crippen molar-refractivity contribution < 1.29 is 23.4 Å². The van der Waals surface area contributed by atoms with Gasteiger partial charge in [0.05, 0.1) is 16.9 Å². The zero-order valence-electron chi connectivity index (χ0n) is 17.2. The number of hydrogen-bond donors (Lipinski definition) is 2. The molecule has 3 heterocycles. The lowest BCUT2D eigenvalue weighted by Gasteiger charge is -2.31. The minimum absolute atomic E-state index is 0.0625. The summed E-state index contributed by atoms with van der Waals surface area (Å²) in [5, 5.41) is 12.8. The molecule has 1 saturated heterocycles. The molecule has 31 heavy (non-hydrogen) atoms. The average Bonchev–Trinajstić information content (AvgIpc) is 3.50. The minimum Gasteiger partial charge on any atom is -0.487 e. The molecule has 1 aromatic heterocycles. The number of pyridine rings is 1. The van der Waals surface area contributed by atoms with Crippen LogP contribution in [0.15, 0.2) is 17.1 Å². The van der Waals surface area contributed by atoms with E-state index in [1.165, 1.54) is 17.4 Å². The lowest BCUT2D eigenvalue weighted by molar-refractivity contribution is 0.0694. The molecule has 0 bridgehead atoms. The first-order valence-electron chi connectivity index (χ1n) is 10.7. The number of carbonyl (C=O) groups is 1. The van der Waals surface area contributed by atoms with Gasteiger partial charge in [0.2, 0.25) is 5.43 Å². The number of aromatic nitrogens is 1. The largest absolute Gasteiger partial charge is 0.487 e. The maximum Gasteiger partial charge on any atom is 0.341 e. The molecule has 3 atom stereocenters. The van der Waals surface area contributed by atoms with Crippen LogP contribution in [0.3, 0.4) is 0 Å². The van der Waals surface area contributed by atoms with Crippen molar-refractivity contribution in [1.29, 1.82) is 0 Å². The minimum atomic E-state index is -1.43. The molecule has 0 radical (unpaired) electrons. The third-order valence-electron chi connectivity index (χ3n) is 6.75. The molecule has 1 aliphatic carbocycles.